The van der Waals surface area contributed by atoms with Gasteiger partial charge in [-0.1, -0.05) is 100 Å². The number of aromatic nitrogens is 2. The summed E-state index contributed by atoms with van der Waals surface area (Å²) in [6, 6.07) is 7.52. The number of hydrogen-bond donors (Lipinski definition) is 0. The molecule has 0 amide bonds. The number of rotatable bonds is 15. The van der Waals surface area contributed by atoms with Crippen LogP contribution in [0.5, 0.6) is 0 Å². The maximum Gasteiger partial charge on any atom is 0.127 e. The van der Waals surface area contributed by atoms with Gasteiger partial charge in [-0.2, -0.15) is 0 Å². The molecule has 0 aliphatic heterocycles. The van der Waals surface area contributed by atoms with Gasteiger partial charge in [0.2, 0.25) is 0 Å². The number of hydrogen-bond acceptors (Lipinski definition) is 2. The normalized spacial score (nSPS) is 14.6. The predicted molar refractivity (Wildman–Crippen MR) is 126 cm³/mol. The molecule has 0 saturated heterocycles. The van der Waals surface area contributed by atoms with Gasteiger partial charge in [0.15, 0.2) is 0 Å². The number of benzene rings is 1. The highest BCUT2D eigenvalue weighted by molar-refractivity contribution is 7.85. The molecule has 6 heteroatoms. The number of unbranched alkanes of at least 4 members (excludes halogenated alkanes) is 9. The number of imidazole rings is 1. The molecule has 0 spiro atoms. The van der Waals surface area contributed by atoms with Crippen LogP contribution < -0.4 is 0 Å². The minimum atomic E-state index is -1.07. The van der Waals surface area contributed by atoms with E-state index in [2.05, 4.69) is 11.9 Å². The highest BCUT2D eigenvalue weighted by Crippen LogP contribution is 2.36. The quantitative estimate of drug-likeness (QED) is 0.203. The Kier molecular flexibility index (Phi) is 12.0. The van der Waals surface area contributed by atoms with Gasteiger partial charge in [0, 0.05) is 34.0 Å². The van der Waals surface area contributed by atoms with Crippen LogP contribution in [0.1, 0.15) is 87.4 Å². The Labute approximate surface area is 188 Å². The van der Waals surface area contributed by atoms with E-state index >= 15 is 0 Å². The van der Waals surface area contributed by atoms with Crippen molar-refractivity contribution in [2.45, 2.75) is 81.9 Å². The van der Waals surface area contributed by atoms with Gasteiger partial charge < -0.3 is 4.57 Å². The molecule has 2 rings (SSSR count). The first-order valence-corrected chi connectivity index (χ1v) is 13.1. The third-order valence-corrected chi connectivity index (χ3v) is 7.91. The molecule has 0 radical (unpaired) electrons. The standard InChI is InChI=1S/C23H34Cl2N2OS/c1-2-3-4-5-6-7-8-9-10-11-18-29(28)22(20-12-14-21(24)15-13-20)23(25)27-17-16-26-19-27/h12-17,19,22-23H,2-11,18H2,1H3. The molecule has 1 aromatic heterocycles. The summed E-state index contributed by atoms with van der Waals surface area (Å²) in [5.74, 6) is 0.668. The van der Waals surface area contributed by atoms with Gasteiger partial charge in [0.25, 0.3) is 0 Å². The summed E-state index contributed by atoms with van der Waals surface area (Å²) < 4.78 is 15.0. The zero-order valence-electron chi connectivity index (χ0n) is 17.4. The summed E-state index contributed by atoms with van der Waals surface area (Å²) >= 11 is 12.7. The van der Waals surface area contributed by atoms with Crippen molar-refractivity contribution >= 4 is 34.0 Å². The van der Waals surface area contributed by atoms with E-state index in [1.807, 2.05) is 35.0 Å². The Bertz CT molecular complexity index is 691. The first-order valence-electron chi connectivity index (χ1n) is 10.9. The van der Waals surface area contributed by atoms with Gasteiger partial charge >= 0.3 is 0 Å². The van der Waals surface area contributed by atoms with Gasteiger partial charge in [0.05, 0.1) is 11.6 Å². The molecule has 0 aliphatic carbocycles. The van der Waals surface area contributed by atoms with Crippen LogP contribution in [-0.4, -0.2) is 19.5 Å². The van der Waals surface area contributed by atoms with E-state index in [4.69, 9.17) is 23.2 Å². The van der Waals surface area contributed by atoms with E-state index in [1.165, 1.54) is 51.4 Å². The topological polar surface area (TPSA) is 34.9 Å². The fraction of sp³-hybridized carbons (Fsp3) is 0.609. The van der Waals surface area contributed by atoms with Gasteiger partial charge in [-0.05, 0) is 24.1 Å². The molecule has 1 heterocycles. The lowest BCUT2D eigenvalue weighted by Gasteiger charge is -2.23. The molecule has 0 bridgehead atoms. The SMILES string of the molecule is CCCCCCCCCCCCS(=O)C(c1ccc(Cl)cc1)C(Cl)n1ccnc1. The summed E-state index contributed by atoms with van der Waals surface area (Å²) in [6.07, 6.45) is 17.9. The molecule has 1 aromatic carbocycles. The van der Waals surface area contributed by atoms with Gasteiger partial charge in [-0.25, -0.2) is 4.98 Å². The smallest absolute Gasteiger partial charge is 0.127 e. The summed E-state index contributed by atoms with van der Waals surface area (Å²) in [5.41, 5.74) is 0.510. The number of alkyl halides is 1. The zero-order valence-corrected chi connectivity index (χ0v) is 19.8. The molecule has 162 valence electrons. The van der Waals surface area contributed by atoms with E-state index < -0.39 is 16.3 Å². The van der Waals surface area contributed by atoms with Crippen LogP contribution in [0.2, 0.25) is 5.02 Å². The van der Waals surface area contributed by atoms with Crippen molar-refractivity contribution in [3.63, 3.8) is 0 Å². The minimum Gasteiger partial charge on any atom is -0.319 e. The van der Waals surface area contributed by atoms with Crippen LogP contribution in [0, 0.1) is 0 Å². The molecule has 0 N–H and O–H groups in total. The van der Waals surface area contributed by atoms with Crippen molar-refractivity contribution in [1.82, 2.24) is 9.55 Å². The third kappa shape index (κ3) is 8.82. The summed E-state index contributed by atoms with van der Waals surface area (Å²) in [5, 5.41) is 0.378. The Balaban J connectivity index is 1.80. The average molecular weight is 458 g/mol. The molecule has 0 aliphatic rings. The van der Waals surface area contributed by atoms with Gasteiger partial charge in [-0.3, -0.25) is 4.21 Å². The Morgan fingerprint density at radius 1 is 0.966 bits per heavy atom. The predicted octanol–water partition coefficient (Wildman–Crippen LogP) is 7.68. The Hall–Kier alpha value is -0.840. The second-order valence-electron chi connectivity index (χ2n) is 7.62. The van der Waals surface area contributed by atoms with Crippen molar-refractivity contribution in [3.8, 4) is 0 Å². The Morgan fingerprint density at radius 2 is 1.55 bits per heavy atom. The maximum absolute atomic E-state index is 13.2. The van der Waals surface area contributed by atoms with Crippen LogP contribution in [0.25, 0.3) is 0 Å². The maximum atomic E-state index is 13.2. The number of nitrogens with zero attached hydrogens (tertiary/aromatic N) is 2. The highest BCUT2D eigenvalue weighted by atomic mass is 35.5. The van der Waals surface area contributed by atoms with Crippen LogP contribution in [0.15, 0.2) is 43.0 Å². The summed E-state index contributed by atoms with van der Waals surface area (Å²) in [4.78, 5) is 4.08. The second kappa shape index (κ2) is 14.2. The van der Waals surface area contributed by atoms with E-state index in [-0.39, 0.29) is 5.25 Å². The highest BCUT2D eigenvalue weighted by Gasteiger charge is 2.28. The van der Waals surface area contributed by atoms with Crippen molar-refractivity contribution in [1.29, 1.82) is 0 Å². The van der Waals surface area contributed by atoms with Crippen molar-refractivity contribution < 1.29 is 4.21 Å². The molecule has 3 unspecified atom stereocenters. The summed E-state index contributed by atoms with van der Waals surface area (Å²) in [7, 11) is -1.07. The fourth-order valence-corrected chi connectivity index (χ4v) is 5.84. The molecule has 0 fully saturated rings. The third-order valence-electron chi connectivity index (χ3n) is 5.24. The first kappa shape index (κ1) is 24.4. The van der Waals surface area contributed by atoms with Crippen molar-refractivity contribution in [2.75, 3.05) is 5.75 Å². The van der Waals surface area contributed by atoms with Crippen LogP contribution >= 0.6 is 23.2 Å². The van der Waals surface area contributed by atoms with Crippen LogP contribution in [0.3, 0.4) is 0 Å². The number of halogens is 2. The molecule has 3 atom stereocenters. The van der Waals surface area contributed by atoms with Crippen LogP contribution in [0.4, 0.5) is 0 Å². The second-order valence-corrected chi connectivity index (χ2v) is 10.2. The van der Waals surface area contributed by atoms with Gasteiger partial charge in [-0.15, -0.1) is 0 Å². The van der Waals surface area contributed by atoms with Gasteiger partial charge in [0.1, 0.15) is 5.50 Å². The fourth-order valence-electron chi connectivity index (χ4n) is 3.52. The first-order chi connectivity index (χ1) is 14.1. The van der Waals surface area contributed by atoms with E-state index in [1.54, 1.807) is 12.5 Å². The Morgan fingerprint density at radius 3 is 2.10 bits per heavy atom. The van der Waals surface area contributed by atoms with Crippen molar-refractivity contribution in [3.05, 3.63) is 53.6 Å². The van der Waals surface area contributed by atoms with Crippen LogP contribution in [-0.2, 0) is 10.8 Å². The van der Waals surface area contributed by atoms with E-state index in [9.17, 15) is 4.21 Å². The molecule has 29 heavy (non-hydrogen) atoms. The minimum absolute atomic E-state index is 0.290. The largest absolute Gasteiger partial charge is 0.319 e. The van der Waals surface area contributed by atoms with Crippen molar-refractivity contribution in [2.24, 2.45) is 0 Å². The molecule has 2 aromatic rings. The summed E-state index contributed by atoms with van der Waals surface area (Å²) in [6.45, 7) is 2.25. The molecule has 3 nitrogen and oxygen atoms in total. The molecular formula is C23H34Cl2N2OS. The molecule has 0 saturated carbocycles. The van der Waals surface area contributed by atoms with E-state index in [0.29, 0.717) is 10.8 Å². The molecular weight excluding hydrogens is 423 g/mol. The zero-order chi connectivity index (χ0) is 20.9. The lowest BCUT2D eigenvalue weighted by atomic mass is 10.1. The van der Waals surface area contributed by atoms with E-state index in [0.717, 1.165) is 18.4 Å². The monoisotopic (exact) mass is 456 g/mol. The lowest BCUT2D eigenvalue weighted by molar-refractivity contribution is 0.561. The average Bonchev–Trinajstić information content (AvgIpc) is 3.26. The lowest BCUT2D eigenvalue weighted by Crippen LogP contribution is -2.19.